The van der Waals surface area contributed by atoms with Gasteiger partial charge in [-0.05, 0) is 42.3 Å². The minimum absolute atomic E-state index is 0.119. The Bertz CT molecular complexity index is 1320. The number of hydrogen-bond acceptors (Lipinski definition) is 6. The van der Waals surface area contributed by atoms with Gasteiger partial charge in [0.2, 0.25) is 0 Å². The molecule has 0 aliphatic rings. The highest BCUT2D eigenvalue weighted by Crippen LogP contribution is 2.23. The maximum Gasteiger partial charge on any atom is 0.159 e. The number of aromatic nitrogens is 5. The van der Waals surface area contributed by atoms with Crippen LogP contribution in [0, 0.1) is 0 Å². The molecule has 5 rings (SSSR count). The third kappa shape index (κ3) is 4.27. The van der Waals surface area contributed by atoms with Crippen LogP contribution in [0.25, 0.3) is 16.9 Å². The van der Waals surface area contributed by atoms with E-state index in [4.69, 9.17) is 4.98 Å². The summed E-state index contributed by atoms with van der Waals surface area (Å²) in [6.45, 7) is 2.81. The van der Waals surface area contributed by atoms with Crippen molar-refractivity contribution in [2.45, 2.75) is 19.5 Å². The highest BCUT2D eigenvalue weighted by atomic mass is 15.2. The lowest BCUT2D eigenvalue weighted by Gasteiger charge is -2.15. The molecule has 0 aliphatic carbocycles. The fraction of sp³-hybridized carbons (Fsp3) is 0.120. The molecule has 0 unspecified atom stereocenters. The zero-order valence-electron chi connectivity index (χ0n) is 17.7. The summed E-state index contributed by atoms with van der Waals surface area (Å²) in [5, 5.41) is 6.85. The monoisotopic (exact) mass is 421 g/mol. The SMILES string of the molecule is C[C@H](Nc1cncc(-n2cnc3cc(NCc4cccnc4)ccc32)n1)c1ccccc1. The molecule has 0 saturated heterocycles. The van der Waals surface area contributed by atoms with Crippen molar-refractivity contribution in [3.63, 3.8) is 0 Å². The Balaban J connectivity index is 1.35. The van der Waals surface area contributed by atoms with Gasteiger partial charge in [0.1, 0.15) is 12.1 Å². The lowest BCUT2D eigenvalue weighted by Crippen LogP contribution is -2.09. The van der Waals surface area contributed by atoms with Gasteiger partial charge < -0.3 is 10.6 Å². The van der Waals surface area contributed by atoms with Gasteiger partial charge in [-0.3, -0.25) is 14.5 Å². The largest absolute Gasteiger partial charge is 0.381 e. The van der Waals surface area contributed by atoms with Crippen LogP contribution in [0.3, 0.4) is 0 Å². The molecule has 7 nitrogen and oxygen atoms in total. The van der Waals surface area contributed by atoms with Crippen LogP contribution in [-0.4, -0.2) is 24.5 Å². The summed E-state index contributed by atoms with van der Waals surface area (Å²) in [4.78, 5) is 17.9. The van der Waals surface area contributed by atoms with E-state index in [9.17, 15) is 0 Å². The molecule has 3 heterocycles. The van der Waals surface area contributed by atoms with Crippen LogP contribution in [0.5, 0.6) is 0 Å². The summed E-state index contributed by atoms with van der Waals surface area (Å²) in [5.74, 6) is 1.43. The van der Waals surface area contributed by atoms with E-state index in [1.807, 2.05) is 59.3 Å². The maximum absolute atomic E-state index is 4.76. The Morgan fingerprint density at radius 3 is 2.69 bits per heavy atom. The molecule has 0 fully saturated rings. The van der Waals surface area contributed by atoms with Crippen LogP contribution in [0.4, 0.5) is 11.5 Å². The molecule has 0 bridgehead atoms. The zero-order valence-corrected chi connectivity index (χ0v) is 17.7. The number of pyridine rings is 1. The number of benzene rings is 2. The van der Waals surface area contributed by atoms with Crippen molar-refractivity contribution < 1.29 is 0 Å². The minimum atomic E-state index is 0.119. The minimum Gasteiger partial charge on any atom is -0.381 e. The highest BCUT2D eigenvalue weighted by Gasteiger charge is 2.10. The van der Waals surface area contributed by atoms with Crippen molar-refractivity contribution in [3.05, 3.63) is 103 Å². The molecular formula is C25H23N7. The number of imidazole rings is 1. The molecule has 2 N–H and O–H groups in total. The molecule has 32 heavy (non-hydrogen) atoms. The topological polar surface area (TPSA) is 80.5 Å². The lowest BCUT2D eigenvalue weighted by atomic mass is 10.1. The predicted octanol–water partition coefficient (Wildman–Crippen LogP) is 5.00. The fourth-order valence-corrected chi connectivity index (χ4v) is 3.60. The van der Waals surface area contributed by atoms with E-state index in [0.29, 0.717) is 12.4 Å². The summed E-state index contributed by atoms with van der Waals surface area (Å²) in [7, 11) is 0. The van der Waals surface area contributed by atoms with Crippen LogP contribution < -0.4 is 10.6 Å². The molecule has 2 aromatic carbocycles. The van der Waals surface area contributed by atoms with Crippen LogP contribution in [-0.2, 0) is 6.54 Å². The molecule has 0 spiro atoms. The summed E-state index contributed by atoms with van der Waals surface area (Å²) in [5.41, 5.74) is 5.19. The Labute approximate surface area is 186 Å². The first-order valence-electron chi connectivity index (χ1n) is 10.5. The molecular weight excluding hydrogens is 398 g/mol. The Kier molecular flexibility index (Phi) is 5.45. The summed E-state index contributed by atoms with van der Waals surface area (Å²) >= 11 is 0. The predicted molar refractivity (Wildman–Crippen MR) is 127 cm³/mol. The van der Waals surface area contributed by atoms with E-state index in [2.05, 4.69) is 44.6 Å². The van der Waals surface area contributed by atoms with E-state index in [1.165, 1.54) is 5.56 Å². The Morgan fingerprint density at radius 1 is 0.938 bits per heavy atom. The van der Waals surface area contributed by atoms with E-state index < -0.39 is 0 Å². The summed E-state index contributed by atoms with van der Waals surface area (Å²) in [6.07, 6.45) is 8.90. The highest BCUT2D eigenvalue weighted by molar-refractivity contribution is 5.81. The zero-order chi connectivity index (χ0) is 21.8. The van der Waals surface area contributed by atoms with Crippen molar-refractivity contribution in [1.82, 2.24) is 24.5 Å². The second-order valence-electron chi connectivity index (χ2n) is 7.57. The smallest absolute Gasteiger partial charge is 0.159 e. The first kappa shape index (κ1) is 19.7. The summed E-state index contributed by atoms with van der Waals surface area (Å²) in [6, 6.07) is 20.5. The van der Waals surface area contributed by atoms with Gasteiger partial charge in [0.25, 0.3) is 0 Å². The van der Waals surface area contributed by atoms with Gasteiger partial charge in [-0.25, -0.2) is 9.97 Å². The van der Waals surface area contributed by atoms with Gasteiger partial charge in [0, 0.05) is 30.7 Å². The van der Waals surface area contributed by atoms with Gasteiger partial charge in [0.15, 0.2) is 5.82 Å². The van der Waals surface area contributed by atoms with Gasteiger partial charge >= 0.3 is 0 Å². The van der Waals surface area contributed by atoms with Crippen molar-refractivity contribution in [2.24, 2.45) is 0 Å². The van der Waals surface area contributed by atoms with Crippen molar-refractivity contribution >= 4 is 22.5 Å². The molecule has 158 valence electrons. The quantitative estimate of drug-likeness (QED) is 0.385. The Morgan fingerprint density at radius 2 is 1.84 bits per heavy atom. The number of nitrogens with one attached hydrogen (secondary N) is 2. The van der Waals surface area contributed by atoms with Crippen molar-refractivity contribution in [1.29, 1.82) is 0 Å². The fourth-order valence-electron chi connectivity index (χ4n) is 3.60. The van der Waals surface area contributed by atoms with Gasteiger partial charge in [-0.1, -0.05) is 36.4 Å². The average Bonchev–Trinajstić information content (AvgIpc) is 3.27. The van der Waals surface area contributed by atoms with E-state index in [-0.39, 0.29) is 6.04 Å². The molecule has 0 aliphatic heterocycles. The van der Waals surface area contributed by atoms with Crippen LogP contribution >= 0.6 is 0 Å². The van der Waals surface area contributed by atoms with Crippen molar-refractivity contribution in [3.8, 4) is 5.82 Å². The number of anilines is 2. The first-order chi connectivity index (χ1) is 15.8. The van der Waals surface area contributed by atoms with Crippen LogP contribution in [0.2, 0.25) is 0 Å². The Hall–Kier alpha value is -4.26. The van der Waals surface area contributed by atoms with Gasteiger partial charge in [-0.2, -0.15) is 0 Å². The third-order valence-electron chi connectivity index (χ3n) is 5.30. The molecule has 0 radical (unpaired) electrons. The number of nitrogens with zero attached hydrogens (tertiary/aromatic N) is 5. The molecule has 1 atom stereocenters. The third-order valence-corrected chi connectivity index (χ3v) is 5.30. The maximum atomic E-state index is 4.76. The standard InChI is InChI=1S/C25H23N7/c1-18(20-7-3-2-4-8-20)30-24-15-27-16-25(31-24)32-17-29-22-12-21(9-10-23(22)32)28-14-19-6-5-11-26-13-19/h2-13,15-18,28H,14H2,1H3,(H,30,31)/t18-/m0/s1. The van der Waals surface area contributed by atoms with E-state index in [1.54, 1.807) is 24.9 Å². The summed E-state index contributed by atoms with van der Waals surface area (Å²) < 4.78 is 1.95. The second-order valence-corrected chi connectivity index (χ2v) is 7.57. The van der Waals surface area contributed by atoms with Crippen LogP contribution in [0.1, 0.15) is 24.1 Å². The number of rotatable bonds is 7. The molecule has 0 amide bonds. The first-order valence-corrected chi connectivity index (χ1v) is 10.5. The van der Waals surface area contributed by atoms with Gasteiger partial charge in [0.05, 0.1) is 23.4 Å². The lowest BCUT2D eigenvalue weighted by molar-refractivity contribution is 0.865. The molecule has 5 aromatic rings. The average molecular weight is 422 g/mol. The van der Waals surface area contributed by atoms with Crippen molar-refractivity contribution in [2.75, 3.05) is 10.6 Å². The number of fused-ring (bicyclic) bond motifs is 1. The van der Waals surface area contributed by atoms with Crippen LogP contribution in [0.15, 0.2) is 91.8 Å². The molecule has 3 aromatic heterocycles. The molecule has 0 saturated carbocycles. The normalized spacial score (nSPS) is 11.9. The molecule has 7 heteroatoms. The van der Waals surface area contributed by atoms with E-state index >= 15 is 0 Å². The van der Waals surface area contributed by atoms with Gasteiger partial charge in [-0.15, -0.1) is 0 Å². The van der Waals surface area contributed by atoms with E-state index in [0.717, 1.165) is 28.1 Å². The number of hydrogen-bond donors (Lipinski definition) is 2. The second kappa shape index (κ2) is 8.85.